The monoisotopic (exact) mass is 182 g/mol. The Balaban J connectivity index is 4.82. The number of rotatable bonds is 1. The molecule has 0 aliphatic heterocycles. The van der Waals surface area contributed by atoms with Crippen molar-refractivity contribution < 1.29 is 18.0 Å². The van der Waals surface area contributed by atoms with Crippen molar-refractivity contribution in [3.63, 3.8) is 0 Å². The van der Waals surface area contributed by atoms with E-state index >= 15 is 0 Å². The maximum Gasteiger partial charge on any atom is 0.399 e. The first-order valence-electron chi connectivity index (χ1n) is 3.64. The largest absolute Gasteiger partial charge is 0.399 e. The standard InChI is InChI=1S/C8H13F3O/c1-5(12)6(7(2,3)4)8(9,10)11/h6H,1-4H3/t6-/m0/s1. The van der Waals surface area contributed by atoms with Crippen LogP contribution < -0.4 is 0 Å². The van der Waals surface area contributed by atoms with Crippen molar-refractivity contribution in [1.29, 1.82) is 0 Å². The fraction of sp³-hybridized carbons (Fsp3) is 0.875. The summed E-state index contributed by atoms with van der Waals surface area (Å²) in [5.41, 5.74) is -1.05. The van der Waals surface area contributed by atoms with Crippen molar-refractivity contribution in [2.75, 3.05) is 0 Å². The quantitative estimate of drug-likeness (QED) is 0.609. The predicted octanol–water partition coefficient (Wildman–Crippen LogP) is 2.80. The minimum absolute atomic E-state index is 0.824. The molecule has 1 nitrogen and oxygen atoms in total. The van der Waals surface area contributed by atoms with Crippen molar-refractivity contribution in [2.45, 2.75) is 33.9 Å². The highest BCUT2D eigenvalue weighted by atomic mass is 19.4. The predicted molar refractivity (Wildman–Crippen MR) is 39.7 cm³/mol. The van der Waals surface area contributed by atoms with Crippen LogP contribution in [0, 0.1) is 11.3 Å². The lowest BCUT2D eigenvalue weighted by atomic mass is 9.78. The van der Waals surface area contributed by atoms with E-state index in [1.807, 2.05) is 0 Å². The Morgan fingerprint density at radius 2 is 1.50 bits per heavy atom. The molecule has 0 unspecified atom stereocenters. The lowest BCUT2D eigenvalue weighted by Gasteiger charge is -2.30. The van der Waals surface area contributed by atoms with E-state index < -0.39 is 23.3 Å². The number of hydrogen-bond donors (Lipinski definition) is 0. The van der Waals surface area contributed by atoms with Crippen molar-refractivity contribution in [2.24, 2.45) is 11.3 Å². The van der Waals surface area contributed by atoms with Gasteiger partial charge in [0.05, 0.1) is 0 Å². The molecule has 0 aromatic heterocycles. The van der Waals surface area contributed by atoms with Gasteiger partial charge in [-0.25, -0.2) is 0 Å². The summed E-state index contributed by atoms with van der Waals surface area (Å²) in [4.78, 5) is 10.7. The molecule has 72 valence electrons. The molecule has 0 radical (unpaired) electrons. The highest BCUT2D eigenvalue weighted by Crippen LogP contribution is 2.39. The van der Waals surface area contributed by atoms with Gasteiger partial charge in [0.25, 0.3) is 0 Å². The molecule has 0 aliphatic rings. The van der Waals surface area contributed by atoms with E-state index in [4.69, 9.17) is 0 Å². The zero-order valence-corrected chi connectivity index (χ0v) is 7.62. The molecule has 0 fully saturated rings. The number of Topliss-reactive ketones (excluding diaryl/α,β-unsaturated/α-hetero) is 1. The van der Waals surface area contributed by atoms with Crippen LogP contribution in [0.1, 0.15) is 27.7 Å². The van der Waals surface area contributed by atoms with Crippen LogP contribution in [0.4, 0.5) is 13.2 Å². The van der Waals surface area contributed by atoms with E-state index in [1.165, 1.54) is 20.8 Å². The Bertz CT molecular complexity index is 162. The number of carbonyl (C=O) groups excluding carboxylic acids is 1. The van der Waals surface area contributed by atoms with Crippen LogP contribution in [0.15, 0.2) is 0 Å². The molecule has 0 aromatic carbocycles. The Hall–Kier alpha value is -0.540. The van der Waals surface area contributed by atoms with Crippen LogP contribution in [0.25, 0.3) is 0 Å². The van der Waals surface area contributed by atoms with Gasteiger partial charge in [-0.1, -0.05) is 20.8 Å². The van der Waals surface area contributed by atoms with E-state index in [2.05, 4.69) is 0 Å². The maximum absolute atomic E-state index is 12.2. The summed E-state index contributed by atoms with van der Waals surface area (Å²) in [5, 5.41) is 0. The molecule has 12 heavy (non-hydrogen) atoms. The molecule has 0 N–H and O–H groups in total. The first-order valence-corrected chi connectivity index (χ1v) is 3.64. The summed E-state index contributed by atoms with van der Waals surface area (Å²) in [7, 11) is 0. The number of alkyl halides is 3. The summed E-state index contributed by atoms with van der Waals surface area (Å²) in [6, 6.07) is 0. The number of hydrogen-bond acceptors (Lipinski definition) is 1. The minimum atomic E-state index is -4.43. The fourth-order valence-electron chi connectivity index (χ4n) is 1.33. The SMILES string of the molecule is CC(=O)[C@@H](C(C)(C)C)C(F)(F)F. The third-order valence-electron chi connectivity index (χ3n) is 1.60. The van der Waals surface area contributed by atoms with Crippen LogP contribution >= 0.6 is 0 Å². The van der Waals surface area contributed by atoms with Gasteiger partial charge in [0, 0.05) is 0 Å². The van der Waals surface area contributed by atoms with Crippen molar-refractivity contribution in [1.82, 2.24) is 0 Å². The van der Waals surface area contributed by atoms with E-state index in [-0.39, 0.29) is 0 Å². The molecule has 1 atom stereocenters. The molecule has 0 heterocycles. The average molecular weight is 182 g/mol. The van der Waals surface area contributed by atoms with Gasteiger partial charge in [0.1, 0.15) is 11.7 Å². The number of ketones is 1. The van der Waals surface area contributed by atoms with E-state index in [0.717, 1.165) is 6.92 Å². The maximum atomic E-state index is 12.2. The molecular weight excluding hydrogens is 169 g/mol. The van der Waals surface area contributed by atoms with Crippen LogP contribution in [-0.2, 0) is 4.79 Å². The summed E-state index contributed by atoms with van der Waals surface area (Å²) in [6.45, 7) is 5.20. The molecule has 4 heteroatoms. The van der Waals surface area contributed by atoms with Crippen molar-refractivity contribution in [3.8, 4) is 0 Å². The summed E-state index contributed by atoms with van der Waals surface area (Å²) in [5.74, 6) is -2.68. The zero-order valence-electron chi connectivity index (χ0n) is 7.62. The summed E-state index contributed by atoms with van der Waals surface area (Å²) >= 11 is 0. The third-order valence-corrected chi connectivity index (χ3v) is 1.60. The molecule has 0 saturated heterocycles. The van der Waals surface area contributed by atoms with Crippen molar-refractivity contribution >= 4 is 5.78 Å². The highest BCUT2D eigenvalue weighted by molar-refractivity contribution is 5.79. The molecule has 0 bridgehead atoms. The molecule has 0 amide bonds. The molecule has 0 aromatic rings. The normalized spacial score (nSPS) is 15.9. The molecule has 0 saturated carbocycles. The first-order chi connectivity index (χ1) is 5.07. The van der Waals surface area contributed by atoms with Gasteiger partial charge >= 0.3 is 6.18 Å². The van der Waals surface area contributed by atoms with E-state index in [1.54, 1.807) is 0 Å². The second kappa shape index (κ2) is 3.07. The highest BCUT2D eigenvalue weighted by Gasteiger charge is 2.49. The average Bonchev–Trinajstić information content (AvgIpc) is 1.49. The Morgan fingerprint density at radius 3 is 1.50 bits per heavy atom. The van der Waals surface area contributed by atoms with Gasteiger partial charge in [-0.3, -0.25) is 4.79 Å². The number of carbonyl (C=O) groups is 1. The summed E-state index contributed by atoms with van der Waals surface area (Å²) < 4.78 is 36.7. The first kappa shape index (κ1) is 11.5. The van der Waals surface area contributed by atoms with E-state index in [9.17, 15) is 18.0 Å². The second-order valence-electron chi connectivity index (χ2n) is 3.95. The van der Waals surface area contributed by atoms with E-state index in [0.29, 0.717) is 0 Å². The minimum Gasteiger partial charge on any atom is -0.299 e. The van der Waals surface area contributed by atoms with Gasteiger partial charge < -0.3 is 0 Å². The van der Waals surface area contributed by atoms with Crippen LogP contribution in [0.5, 0.6) is 0 Å². The van der Waals surface area contributed by atoms with Gasteiger partial charge in [-0.15, -0.1) is 0 Å². The van der Waals surface area contributed by atoms with Gasteiger partial charge in [0.15, 0.2) is 0 Å². The second-order valence-corrected chi connectivity index (χ2v) is 3.95. The Labute approximate surface area is 70.0 Å². The topological polar surface area (TPSA) is 17.1 Å². The molecular formula is C8H13F3O. The van der Waals surface area contributed by atoms with Crippen molar-refractivity contribution in [3.05, 3.63) is 0 Å². The van der Waals surface area contributed by atoms with Crippen LogP contribution in [0.3, 0.4) is 0 Å². The zero-order chi connectivity index (χ0) is 10.2. The van der Waals surface area contributed by atoms with Crippen LogP contribution in [0.2, 0.25) is 0 Å². The van der Waals surface area contributed by atoms with Crippen LogP contribution in [-0.4, -0.2) is 12.0 Å². The number of halogens is 3. The fourth-order valence-corrected chi connectivity index (χ4v) is 1.33. The molecule has 0 rings (SSSR count). The third kappa shape index (κ3) is 2.83. The Morgan fingerprint density at radius 1 is 1.17 bits per heavy atom. The molecule has 0 spiro atoms. The van der Waals surface area contributed by atoms with Gasteiger partial charge in [-0.2, -0.15) is 13.2 Å². The Kier molecular flexibility index (Phi) is 2.93. The lowest BCUT2D eigenvalue weighted by molar-refractivity contribution is -0.199. The smallest absolute Gasteiger partial charge is 0.299 e. The lowest BCUT2D eigenvalue weighted by Crippen LogP contribution is -2.39. The summed E-state index contributed by atoms with van der Waals surface area (Å²) in [6.07, 6.45) is -4.43. The van der Waals surface area contributed by atoms with Gasteiger partial charge in [0.2, 0.25) is 0 Å². The van der Waals surface area contributed by atoms with Gasteiger partial charge in [-0.05, 0) is 12.3 Å². The molecule has 0 aliphatic carbocycles.